The first-order chi connectivity index (χ1) is 9.69. The standard InChI is InChI=1S/C16H16N4.2ClH/c1-2-13-11(7-9-14(17)19-13)12-5-3-4-10-6-8-15(18)20-16(10)12;;/h3-9H,2H2,1H3,(H2,17,19)(H2,18,20);2*1H. The van der Waals surface area contributed by atoms with Crippen LogP contribution in [0.15, 0.2) is 42.5 Å². The van der Waals surface area contributed by atoms with Crippen LogP contribution in [0.2, 0.25) is 0 Å². The Labute approximate surface area is 141 Å². The predicted molar refractivity (Wildman–Crippen MR) is 97.7 cm³/mol. The van der Waals surface area contributed by atoms with E-state index in [2.05, 4.69) is 16.9 Å². The molecule has 0 atom stereocenters. The largest absolute Gasteiger partial charge is 0.384 e. The summed E-state index contributed by atoms with van der Waals surface area (Å²) in [6.45, 7) is 2.07. The number of pyridine rings is 2. The highest BCUT2D eigenvalue weighted by molar-refractivity contribution is 5.95. The maximum absolute atomic E-state index is 5.82. The van der Waals surface area contributed by atoms with E-state index in [0.717, 1.165) is 34.1 Å². The molecular formula is C16H18Cl2N4. The number of hydrogen-bond donors (Lipinski definition) is 2. The highest BCUT2D eigenvalue weighted by atomic mass is 35.5. The summed E-state index contributed by atoms with van der Waals surface area (Å²) in [5.74, 6) is 1.06. The van der Waals surface area contributed by atoms with Gasteiger partial charge in [0.05, 0.1) is 11.2 Å². The summed E-state index contributed by atoms with van der Waals surface area (Å²) in [5, 5.41) is 1.07. The summed E-state index contributed by atoms with van der Waals surface area (Å²) in [4.78, 5) is 8.88. The first kappa shape index (κ1) is 18.0. The van der Waals surface area contributed by atoms with Crippen LogP contribution in [-0.2, 0) is 6.42 Å². The fourth-order valence-electron chi connectivity index (χ4n) is 2.41. The molecule has 0 saturated heterocycles. The second kappa shape index (κ2) is 7.29. The molecule has 0 bridgehead atoms. The lowest BCUT2D eigenvalue weighted by Gasteiger charge is -2.11. The van der Waals surface area contributed by atoms with Gasteiger partial charge < -0.3 is 11.5 Å². The van der Waals surface area contributed by atoms with Gasteiger partial charge in [0.15, 0.2) is 0 Å². The summed E-state index contributed by atoms with van der Waals surface area (Å²) in [5.41, 5.74) is 15.6. The van der Waals surface area contributed by atoms with Crippen LogP contribution in [0.4, 0.5) is 11.6 Å². The summed E-state index contributed by atoms with van der Waals surface area (Å²) >= 11 is 0. The van der Waals surface area contributed by atoms with Crippen LogP contribution in [0.5, 0.6) is 0 Å². The van der Waals surface area contributed by atoms with E-state index in [4.69, 9.17) is 11.5 Å². The van der Waals surface area contributed by atoms with Crippen molar-refractivity contribution in [3.05, 3.63) is 48.2 Å². The fourth-order valence-corrected chi connectivity index (χ4v) is 2.41. The molecule has 0 unspecified atom stereocenters. The maximum atomic E-state index is 5.82. The highest BCUT2D eigenvalue weighted by Crippen LogP contribution is 2.30. The number of rotatable bonds is 2. The molecule has 0 radical (unpaired) electrons. The number of nitrogens with two attached hydrogens (primary N) is 2. The Morgan fingerprint density at radius 3 is 2.23 bits per heavy atom. The van der Waals surface area contributed by atoms with Crippen LogP contribution < -0.4 is 11.5 Å². The Hall–Kier alpha value is -2.04. The first-order valence-corrected chi connectivity index (χ1v) is 6.60. The fraction of sp³-hybridized carbons (Fsp3) is 0.125. The van der Waals surface area contributed by atoms with Crippen molar-refractivity contribution >= 4 is 47.4 Å². The molecule has 22 heavy (non-hydrogen) atoms. The molecule has 2 aromatic heterocycles. The van der Waals surface area contributed by atoms with E-state index in [1.165, 1.54) is 0 Å². The lowest BCUT2D eigenvalue weighted by atomic mass is 9.99. The van der Waals surface area contributed by atoms with Crippen molar-refractivity contribution < 1.29 is 0 Å². The van der Waals surface area contributed by atoms with Gasteiger partial charge in [0.2, 0.25) is 0 Å². The van der Waals surface area contributed by atoms with Gasteiger partial charge in [-0.05, 0) is 30.7 Å². The maximum Gasteiger partial charge on any atom is 0.124 e. The van der Waals surface area contributed by atoms with E-state index in [0.29, 0.717) is 11.6 Å². The quantitative estimate of drug-likeness (QED) is 0.744. The van der Waals surface area contributed by atoms with Crippen molar-refractivity contribution in [1.82, 2.24) is 9.97 Å². The highest BCUT2D eigenvalue weighted by Gasteiger charge is 2.10. The number of fused-ring (bicyclic) bond motifs is 1. The zero-order valence-electron chi connectivity index (χ0n) is 12.1. The molecule has 0 aliphatic carbocycles. The molecule has 2 heterocycles. The third-order valence-corrected chi connectivity index (χ3v) is 3.36. The van der Waals surface area contributed by atoms with Gasteiger partial charge in [-0.2, -0.15) is 0 Å². The van der Waals surface area contributed by atoms with Crippen LogP contribution in [0.25, 0.3) is 22.0 Å². The van der Waals surface area contributed by atoms with E-state index >= 15 is 0 Å². The lowest BCUT2D eigenvalue weighted by molar-refractivity contribution is 1.05. The van der Waals surface area contributed by atoms with Gasteiger partial charge in [0.25, 0.3) is 0 Å². The number of halogens is 2. The van der Waals surface area contributed by atoms with E-state index < -0.39 is 0 Å². The third-order valence-electron chi connectivity index (χ3n) is 3.36. The molecule has 1 aromatic carbocycles. The van der Waals surface area contributed by atoms with E-state index in [1.807, 2.05) is 42.5 Å². The normalized spacial score (nSPS) is 9.86. The lowest BCUT2D eigenvalue weighted by Crippen LogP contribution is -1.98. The molecule has 3 rings (SSSR count). The Morgan fingerprint density at radius 2 is 1.50 bits per heavy atom. The molecule has 4 N–H and O–H groups in total. The predicted octanol–water partition coefficient (Wildman–Crippen LogP) is 3.87. The first-order valence-electron chi connectivity index (χ1n) is 6.60. The van der Waals surface area contributed by atoms with Gasteiger partial charge in [-0.3, -0.25) is 0 Å². The van der Waals surface area contributed by atoms with Crippen molar-refractivity contribution in [2.24, 2.45) is 0 Å². The molecule has 0 aliphatic rings. The Kier molecular flexibility index (Phi) is 5.97. The van der Waals surface area contributed by atoms with Gasteiger partial charge in [-0.15, -0.1) is 24.8 Å². The van der Waals surface area contributed by atoms with E-state index in [1.54, 1.807) is 0 Å². The molecule has 0 aliphatic heterocycles. The minimum atomic E-state index is 0. The van der Waals surface area contributed by atoms with Crippen molar-refractivity contribution in [1.29, 1.82) is 0 Å². The number of nitrogens with zero attached hydrogens (tertiary/aromatic N) is 2. The van der Waals surface area contributed by atoms with Gasteiger partial charge in [0, 0.05) is 16.5 Å². The van der Waals surface area contributed by atoms with Gasteiger partial charge >= 0.3 is 0 Å². The number of aryl methyl sites for hydroxylation is 1. The molecule has 0 saturated carbocycles. The van der Waals surface area contributed by atoms with Crippen molar-refractivity contribution in [3.8, 4) is 11.1 Å². The minimum absolute atomic E-state index is 0. The molecule has 4 nitrogen and oxygen atoms in total. The number of anilines is 2. The van der Waals surface area contributed by atoms with Crippen LogP contribution in [-0.4, -0.2) is 9.97 Å². The topological polar surface area (TPSA) is 77.8 Å². The number of nitrogen functional groups attached to an aromatic ring is 2. The van der Waals surface area contributed by atoms with Crippen molar-refractivity contribution in [2.45, 2.75) is 13.3 Å². The molecule has 3 aromatic rings. The van der Waals surface area contributed by atoms with Crippen LogP contribution in [0.3, 0.4) is 0 Å². The number of para-hydroxylation sites is 1. The van der Waals surface area contributed by atoms with Gasteiger partial charge in [0.1, 0.15) is 11.6 Å². The average molecular weight is 337 g/mol. The second-order valence-electron chi connectivity index (χ2n) is 4.70. The Balaban J connectivity index is 0.00000121. The molecule has 116 valence electrons. The summed E-state index contributed by atoms with van der Waals surface area (Å²) in [7, 11) is 0. The van der Waals surface area contributed by atoms with Crippen LogP contribution in [0.1, 0.15) is 12.6 Å². The van der Waals surface area contributed by atoms with Crippen LogP contribution >= 0.6 is 24.8 Å². The summed E-state index contributed by atoms with van der Waals surface area (Å²) in [6, 6.07) is 13.7. The summed E-state index contributed by atoms with van der Waals surface area (Å²) < 4.78 is 0. The average Bonchev–Trinajstić information content (AvgIpc) is 2.46. The van der Waals surface area contributed by atoms with Crippen LogP contribution in [0, 0.1) is 0 Å². The SMILES string of the molecule is CCc1nc(N)ccc1-c1cccc2ccc(N)nc12.Cl.Cl. The van der Waals surface area contributed by atoms with Crippen molar-refractivity contribution in [2.75, 3.05) is 11.5 Å². The van der Waals surface area contributed by atoms with Crippen molar-refractivity contribution in [3.63, 3.8) is 0 Å². The Bertz CT molecular complexity index is 790. The van der Waals surface area contributed by atoms with Gasteiger partial charge in [-0.1, -0.05) is 25.1 Å². The van der Waals surface area contributed by atoms with E-state index in [9.17, 15) is 0 Å². The molecule has 0 amide bonds. The number of benzene rings is 1. The van der Waals surface area contributed by atoms with Gasteiger partial charge in [-0.25, -0.2) is 9.97 Å². The smallest absolute Gasteiger partial charge is 0.124 e. The monoisotopic (exact) mass is 336 g/mol. The minimum Gasteiger partial charge on any atom is -0.384 e. The summed E-state index contributed by atoms with van der Waals surface area (Å²) in [6.07, 6.45) is 0.819. The second-order valence-corrected chi connectivity index (χ2v) is 4.70. The molecule has 6 heteroatoms. The van der Waals surface area contributed by atoms with E-state index in [-0.39, 0.29) is 24.8 Å². The molecule has 0 fully saturated rings. The molecule has 0 spiro atoms. The number of hydrogen-bond acceptors (Lipinski definition) is 4. The number of aromatic nitrogens is 2. The Morgan fingerprint density at radius 1 is 0.818 bits per heavy atom. The molecular weight excluding hydrogens is 319 g/mol. The zero-order chi connectivity index (χ0) is 14.1. The zero-order valence-corrected chi connectivity index (χ0v) is 13.7. The third kappa shape index (κ3) is 3.24.